The molecule has 3 N–H and O–H groups in total. The Kier molecular flexibility index (Phi) is 3.42. The highest BCUT2D eigenvalue weighted by molar-refractivity contribution is 5.49. The zero-order chi connectivity index (χ0) is 15.0. The van der Waals surface area contributed by atoms with Crippen molar-refractivity contribution in [1.29, 1.82) is 0 Å². The molecule has 1 aromatic heterocycles. The molecule has 1 fully saturated rings. The minimum absolute atomic E-state index is 0.0408. The summed E-state index contributed by atoms with van der Waals surface area (Å²) in [6.45, 7) is 1.72. The quantitative estimate of drug-likeness (QED) is 0.669. The topological polar surface area (TPSA) is 73.1 Å². The van der Waals surface area contributed by atoms with Gasteiger partial charge in [0.25, 0.3) is 0 Å². The number of ether oxygens (including phenoxy) is 1. The molecular weight excluding hydrogens is 278 g/mol. The van der Waals surface area contributed by atoms with Gasteiger partial charge in [0.2, 0.25) is 5.88 Å². The van der Waals surface area contributed by atoms with Crippen molar-refractivity contribution in [3.63, 3.8) is 0 Å². The van der Waals surface area contributed by atoms with Crippen molar-refractivity contribution < 1.29 is 13.5 Å². The summed E-state index contributed by atoms with van der Waals surface area (Å²) >= 11 is 0. The van der Waals surface area contributed by atoms with Gasteiger partial charge in [-0.2, -0.15) is 4.98 Å². The van der Waals surface area contributed by atoms with Crippen LogP contribution >= 0.6 is 0 Å². The highest BCUT2D eigenvalue weighted by Crippen LogP contribution is 2.40. The monoisotopic (exact) mass is 292 g/mol. The van der Waals surface area contributed by atoms with E-state index in [0.717, 1.165) is 31.0 Å². The van der Waals surface area contributed by atoms with Crippen LogP contribution in [0.5, 0.6) is 11.6 Å². The highest BCUT2D eigenvalue weighted by atomic mass is 19.1. The van der Waals surface area contributed by atoms with Crippen molar-refractivity contribution in [2.75, 3.05) is 5.43 Å². The number of hydrogen-bond donors (Lipinski definition) is 2. The molecular formula is C14H14F2N4O. The van der Waals surface area contributed by atoms with Crippen LogP contribution in [0.3, 0.4) is 0 Å². The molecule has 0 radical (unpaired) electrons. The molecule has 110 valence electrons. The van der Waals surface area contributed by atoms with Crippen LogP contribution in [0.4, 0.5) is 14.6 Å². The molecule has 3 rings (SSSR count). The average Bonchev–Trinajstić information content (AvgIpc) is 3.24. The lowest BCUT2D eigenvalue weighted by molar-refractivity contribution is 0.444. The first-order valence-corrected chi connectivity index (χ1v) is 6.56. The molecule has 0 amide bonds. The number of hydrazine groups is 1. The van der Waals surface area contributed by atoms with Gasteiger partial charge in [-0.3, -0.25) is 0 Å². The molecule has 7 heteroatoms. The summed E-state index contributed by atoms with van der Waals surface area (Å²) in [5.74, 6) is 5.66. The number of aromatic nitrogens is 2. The van der Waals surface area contributed by atoms with Crippen LogP contribution in [0.2, 0.25) is 0 Å². The number of anilines is 1. The van der Waals surface area contributed by atoms with Crippen LogP contribution < -0.4 is 16.0 Å². The molecule has 0 unspecified atom stereocenters. The van der Waals surface area contributed by atoms with Gasteiger partial charge in [0.1, 0.15) is 23.2 Å². The maximum Gasteiger partial charge on any atom is 0.227 e. The second kappa shape index (κ2) is 5.25. The van der Waals surface area contributed by atoms with Crippen molar-refractivity contribution in [1.82, 2.24) is 9.97 Å². The van der Waals surface area contributed by atoms with Gasteiger partial charge in [0.15, 0.2) is 5.82 Å². The molecule has 2 aromatic rings. The van der Waals surface area contributed by atoms with Crippen LogP contribution in [0.1, 0.15) is 30.1 Å². The normalized spacial score (nSPS) is 14.1. The molecule has 0 bridgehead atoms. The third-order valence-electron chi connectivity index (χ3n) is 3.25. The zero-order valence-electron chi connectivity index (χ0n) is 11.4. The van der Waals surface area contributed by atoms with Gasteiger partial charge in [-0.05, 0) is 19.8 Å². The fourth-order valence-corrected chi connectivity index (χ4v) is 1.98. The van der Waals surface area contributed by atoms with Crippen molar-refractivity contribution in [3.05, 3.63) is 41.2 Å². The highest BCUT2D eigenvalue weighted by Gasteiger charge is 2.28. The number of nitrogen functional groups attached to an aromatic ring is 1. The Balaban J connectivity index is 1.98. The van der Waals surface area contributed by atoms with Crippen molar-refractivity contribution in [3.8, 4) is 11.6 Å². The van der Waals surface area contributed by atoms with E-state index in [2.05, 4.69) is 15.4 Å². The number of nitrogens with two attached hydrogens (primary N) is 1. The largest absolute Gasteiger partial charge is 0.438 e. The van der Waals surface area contributed by atoms with E-state index < -0.39 is 11.6 Å². The van der Waals surface area contributed by atoms with Crippen LogP contribution in [0.15, 0.2) is 18.2 Å². The van der Waals surface area contributed by atoms with Crippen LogP contribution in [0.25, 0.3) is 0 Å². The van der Waals surface area contributed by atoms with E-state index in [-0.39, 0.29) is 11.6 Å². The predicted molar refractivity (Wildman–Crippen MR) is 73.0 cm³/mol. The predicted octanol–water partition coefficient (Wildman–Crippen LogP) is 3.02. The minimum Gasteiger partial charge on any atom is -0.438 e. The van der Waals surface area contributed by atoms with E-state index in [1.165, 1.54) is 0 Å². The molecule has 0 spiro atoms. The number of halogens is 2. The van der Waals surface area contributed by atoms with Crippen LogP contribution in [-0.4, -0.2) is 9.97 Å². The van der Waals surface area contributed by atoms with E-state index in [0.29, 0.717) is 23.1 Å². The lowest BCUT2D eigenvalue weighted by Gasteiger charge is -2.12. The minimum atomic E-state index is -0.712. The van der Waals surface area contributed by atoms with Gasteiger partial charge in [-0.15, -0.1) is 0 Å². The molecule has 21 heavy (non-hydrogen) atoms. The van der Waals surface area contributed by atoms with Crippen LogP contribution in [0, 0.1) is 18.6 Å². The standard InChI is InChI=1S/C14H14F2N4O/c1-7-12(20-17)18-13(8-2-3-8)19-14(7)21-11-5-9(15)4-10(16)6-11/h4-6,8H,2-3,17H2,1H3,(H,18,19,20). The molecule has 1 heterocycles. The molecule has 0 atom stereocenters. The fraction of sp³-hybridized carbons (Fsp3) is 0.286. The Bertz CT molecular complexity index is 669. The SMILES string of the molecule is Cc1c(NN)nc(C2CC2)nc1Oc1cc(F)cc(F)c1. The third-order valence-corrected chi connectivity index (χ3v) is 3.25. The Morgan fingerprint density at radius 3 is 2.43 bits per heavy atom. The zero-order valence-corrected chi connectivity index (χ0v) is 11.4. The Labute approximate surface area is 120 Å². The summed E-state index contributed by atoms with van der Waals surface area (Å²) in [6.07, 6.45) is 2.03. The van der Waals surface area contributed by atoms with E-state index in [1.54, 1.807) is 6.92 Å². The summed E-state index contributed by atoms with van der Waals surface area (Å²) in [5, 5.41) is 0. The Morgan fingerprint density at radius 2 is 1.86 bits per heavy atom. The van der Waals surface area contributed by atoms with Gasteiger partial charge < -0.3 is 10.2 Å². The Morgan fingerprint density at radius 1 is 1.19 bits per heavy atom. The maximum absolute atomic E-state index is 13.2. The molecule has 1 saturated carbocycles. The van der Waals surface area contributed by atoms with Gasteiger partial charge in [0.05, 0.1) is 5.56 Å². The van der Waals surface area contributed by atoms with E-state index in [9.17, 15) is 8.78 Å². The Hall–Kier alpha value is -2.28. The maximum atomic E-state index is 13.2. The second-order valence-corrected chi connectivity index (χ2v) is 4.99. The molecule has 0 saturated heterocycles. The number of nitrogens with one attached hydrogen (secondary N) is 1. The number of nitrogens with zero attached hydrogens (tertiary/aromatic N) is 2. The molecule has 0 aliphatic heterocycles. The van der Waals surface area contributed by atoms with Gasteiger partial charge in [-0.1, -0.05) is 0 Å². The smallest absolute Gasteiger partial charge is 0.227 e. The molecule has 1 aliphatic rings. The van der Waals surface area contributed by atoms with Gasteiger partial charge in [-0.25, -0.2) is 19.6 Å². The summed E-state index contributed by atoms with van der Waals surface area (Å²) in [5.41, 5.74) is 3.06. The first-order chi connectivity index (χ1) is 10.1. The average molecular weight is 292 g/mol. The van der Waals surface area contributed by atoms with E-state index in [4.69, 9.17) is 10.6 Å². The lowest BCUT2D eigenvalue weighted by Crippen LogP contribution is -2.13. The first-order valence-electron chi connectivity index (χ1n) is 6.56. The summed E-state index contributed by atoms with van der Waals surface area (Å²) in [4.78, 5) is 8.64. The van der Waals surface area contributed by atoms with Crippen molar-refractivity contribution >= 4 is 5.82 Å². The van der Waals surface area contributed by atoms with Crippen molar-refractivity contribution in [2.45, 2.75) is 25.7 Å². The van der Waals surface area contributed by atoms with Crippen molar-refractivity contribution in [2.24, 2.45) is 5.84 Å². The summed E-state index contributed by atoms with van der Waals surface area (Å²) in [6, 6.07) is 2.97. The fourth-order valence-electron chi connectivity index (χ4n) is 1.98. The number of rotatable bonds is 4. The number of hydrogen-bond acceptors (Lipinski definition) is 5. The molecule has 1 aliphatic carbocycles. The van der Waals surface area contributed by atoms with Gasteiger partial charge in [0, 0.05) is 24.1 Å². The van der Waals surface area contributed by atoms with E-state index >= 15 is 0 Å². The van der Waals surface area contributed by atoms with Crippen LogP contribution in [-0.2, 0) is 0 Å². The molecule has 1 aromatic carbocycles. The third kappa shape index (κ3) is 2.92. The first kappa shape index (κ1) is 13.7. The van der Waals surface area contributed by atoms with Gasteiger partial charge >= 0.3 is 0 Å². The second-order valence-electron chi connectivity index (χ2n) is 4.99. The number of benzene rings is 1. The summed E-state index contributed by atoms with van der Waals surface area (Å²) in [7, 11) is 0. The molecule has 5 nitrogen and oxygen atoms in total. The summed E-state index contributed by atoms with van der Waals surface area (Å²) < 4.78 is 31.9. The van der Waals surface area contributed by atoms with E-state index in [1.807, 2.05) is 0 Å². The lowest BCUT2D eigenvalue weighted by atomic mass is 10.3.